The highest BCUT2D eigenvalue weighted by atomic mass is 79.9. The van der Waals surface area contributed by atoms with Crippen molar-refractivity contribution in [2.24, 2.45) is 0 Å². The largest absolute Gasteiger partial charge is 0.478 e. The van der Waals surface area contributed by atoms with E-state index in [0.29, 0.717) is 11.1 Å². The van der Waals surface area contributed by atoms with Gasteiger partial charge in [-0.3, -0.25) is 0 Å². The van der Waals surface area contributed by atoms with Gasteiger partial charge < -0.3 is 10.2 Å². The molecule has 0 heterocycles. The lowest BCUT2D eigenvalue weighted by Gasteiger charge is -2.15. The van der Waals surface area contributed by atoms with Gasteiger partial charge in [-0.15, -0.1) is 0 Å². The SMILES string of the molecule is Cc1ccc(C(=O)O)c(-c2cccc(Br)c2C)c1C(=O)O. The van der Waals surface area contributed by atoms with Gasteiger partial charge in [-0.25, -0.2) is 9.59 Å². The quantitative estimate of drug-likeness (QED) is 0.874. The summed E-state index contributed by atoms with van der Waals surface area (Å²) in [6.07, 6.45) is 0. The van der Waals surface area contributed by atoms with Crippen LogP contribution in [0.4, 0.5) is 0 Å². The zero-order chi connectivity index (χ0) is 15.7. The summed E-state index contributed by atoms with van der Waals surface area (Å²) in [7, 11) is 0. The van der Waals surface area contributed by atoms with Crippen LogP contribution >= 0.6 is 15.9 Å². The number of hydrogen-bond donors (Lipinski definition) is 2. The fraction of sp³-hybridized carbons (Fsp3) is 0.125. The molecule has 0 aliphatic carbocycles. The number of aromatic carboxylic acids is 2. The molecule has 0 aliphatic heterocycles. The number of benzene rings is 2. The topological polar surface area (TPSA) is 74.6 Å². The summed E-state index contributed by atoms with van der Waals surface area (Å²) < 4.78 is 0.800. The molecule has 0 aromatic heterocycles. The first-order valence-corrected chi connectivity index (χ1v) is 6.99. The Bertz CT molecular complexity index is 750. The first kappa shape index (κ1) is 15.3. The Morgan fingerprint density at radius 1 is 1.00 bits per heavy atom. The average Bonchev–Trinajstić information content (AvgIpc) is 2.40. The second-order valence-electron chi connectivity index (χ2n) is 4.70. The molecular weight excluding hydrogens is 336 g/mol. The van der Waals surface area contributed by atoms with Crippen molar-refractivity contribution in [2.45, 2.75) is 13.8 Å². The van der Waals surface area contributed by atoms with Crippen molar-refractivity contribution in [3.8, 4) is 11.1 Å². The summed E-state index contributed by atoms with van der Waals surface area (Å²) in [5.41, 5.74) is 2.18. The number of aryl methyl sites for hydroxylation is 1. The zero-order valence-corrected chi connectivity index (χ0v) is 13.1. The molecule has 4 nitrogen and oxygen atoms in total. The minimum atomic E-state index is -1.15. The van der Waals surface area contributed by atoms with Crippen molar-refractivity contribution in [1.82, 2.24) is 0 Å². The molecule has 21 heavy (non-hydrogen) atoms. The smallest absolute Gasteiger partial charge is 0.336 e. The minimum absolute atomic E-state index is 0.0146. The van der Waals surface area contributed by atoms with E-state index < -0.39 is 11.9 Å². The number of carboxylic acid groups (broad SMARTS) is 2. The molecule has 0 atom stereocenters. The van der Waals surface area contributed by atoms with Crippen LogP contribution in [0.2, 0.25) is 0 Å². The molecule has 0 radical (unpaired) electrons. The summed E-state index contributed by atoms with van der Waals surface area (Å²) in [5, 5.41) is 18.8. The molecule has 0 saturated heterocycles. The van der Waals surface area contributed by atoms with E-state index in [1.807, 2.05) is 13.0 Å². The Labute approximate surface area is 130 Å². The van der Waals surface area contributed by atoms with Crippen LogP contribution in [0.5, 0.6) is 0 Å². The Kier molecular flexibility index (Phi) is 4.14. The summed E-state index contributed by atoms with van der Waals surface area (Å²) in [6.45, 7) is 3.48. The second kappa shape index (κ2) is 5.69. The second-order valence-corrected chi connectivity index (χ2v) is 5.56. The fourth-order valence-electron chi connectivity index (χ4n) is 2.32. The van der Waals surface area contributed by atoms with Crippen LogP contribution in [0.3, 0.4) is 0 Å². The maximum atomic E-state index is 11.6. The van der Waals surface area contributed by atoms with Gasteiger partial charge in [0.1, 0.15) is 0 Å². The standard InChI is InChI=1S/C16H13BrO4/c1-8-6-7-11(15(18)19)14(13(8)16(20)21)10-4-3-5-12(17)9(10)2/h3-7H,1-2H3,(H,18,19)(H,20,21). The monoisotopic (exact) mass is 348 g/mol. The highest BCUT2D eigenvalue weighted by molar-refractivity contribution is 9.10. The van der Waals surface area contributed by atoms with Crippen molar-refractivity contribution in [3.63, 3.8) is 0 Å². The van der Waals surface area contributed by atoms with Crippen LogP contribution in [-0.2, 0) is 0 Å². The molecule has 5 heteroatoms. The van der Waals surface area contributed by atoms with Crippen molar-refractivity contribution in [2.75, 3.05) is 0 Å². The van der Waals surface area contributed by atoms with Crippen LogP contribution in [0, 0.1) is 13.8 Å². The fourth-order valence-corrected chi connectivity index (χ4v) is 2.68. The lowest BCUT2D eigenvalue weighted by molar-refractivity contribution is 0.0695. The predicted molar refractivity (Wildman–Crippen MR) is 83.0 cm³/mol. The first-order valence-electron chi connectivity index (χ1n) is 6.20. The van der Waals surface area contributed by atoms with E-state index in [1.54, 1.807) is 19.1 Å². The van der Waals surface area contributed by atoms with E-state index >= 15 is 0 Å². The lowest BCUT2D eigenvalue weighted by atomic mass is 9.89. The maximum Gasteiger partial charge on any atom is 0.336 e. The number of carboxylic acids is 2. The first-order chi connectivity index (χ1) is 9.84. The number of hydrogen-bond acceptors (Lipinski definition) is 2. The summed E-state index contributed by atoms with van der Waals surface area (Å²) in [6, 6.07) is 8.28. The van der Waals surface area contributed by atoms with E-state index in [0.717, 1.165) is 10.0 Å². The van der Waals surface area contributed by atoms with E-state index in [9.17, 15) is 19.8 Å². The number of carbonyl (C=O) groups is 2. The van der Waals surface area contributed by atoms with E-state index in [4.69, 9.17) is 0 Å². The summed E-state index contributed by atoms with van der Waals surface area (Å²) >= 11 is 3.39. The number of rotatable bonds is 3. The van der Waals surface area contributed by atoms with E-state index in [-0.39, 0.29) is 16.7 Å². The normalized spacial score (nSPS) is 10.4. The average molecular weight is 349 g/mol. The van der Waals surface area contributed by atoms with Gasteiger partial charge in [0.15, 0.2) is 0 Å². The molecule has 2 aromatic rings. The van der Waals surface area contributed by atoms with Gasteiger partial charge in [0, 0.05) is 10.0 Å². The van der Waals surface area contributed by atoms with Crippen LogP contribution in [-0.4, -0.2) is 22.2 Å². The maximum absolute atomic E-state index is 11.6. The van der Waals surface area contributed by atoms with Crippen molar-refractivity contribution >= 4 is 27.9 Å². The molecule has 0 fully saturated rings. The Hall–Kier alpha value is -2.14. The van der Waals surface area contributed by atoms with Crippen molar-refractivity contribution < 1.29 is 19.8 Å². The molecule has 2 rings (SSSR count). The van der Waals surface area contributed by atoms with Crippen molar-refractivity contribution in [1.29, 1.82) is 0 Å². The molecule has 2 N–H and O–H groups in total. The lowest BCUT2D eigenvalue weighted by Crippen LogP contribution is -2.09. The predicted octanol–water partition coefficient (Wildman–Crippen LogP) is 4.13. The minimum Gasteiger partial charge on any atom is -0.478 e. The van der Waals surface area contributed by atoms with Gasteiger partial charge in [-0.05, 0) is 42.7 Å². The molecule has 0 spiro atoms. The zero-order valence-electron chi connectivity index (χ0n) is 11.5. The van der Waals surface area contributed by atoms with E-state index in [1.165, 1.54) is 12.1 Å². The third-order valence-corrected chi connectivity index (χ3v) is 4.25. The van der Waals surface area contributed by atoms with Crippen LogP contribution < -0.4 is 0 Å². The summed E-state index contributed by atoms with van der Waals surface area (Å²) in [4.78, 5) is 23.1. The molecule has 0 bridgehead atoms. The molecule has 0 aliphatic rings. The van der Waals surface area contributed by atoms with Gasteiger partial charge >= 0.3 is 11.9 Å². The van der Waals surface area contributed by atoms with Gasteiger partial charge in [0.25, 0.3) is 0 Å². The number of halogens is 1. The van der Waals surface area contributed by atoms with Crippen LogP contribution in [0.1, 0.15) is 31.8 Å². The molecule has 0 unspecified atom stereocenters. The van der Waals surface area contributed by atoms with Gasteiger partial charge in [0.2, 0.25) is 0 Å². The van der Waals surface area contributed by atoms with Crippen molar-refractivity contribution in [3.05, 3.63) is 57.1 Å². The molecule has 0 saturated carbocycles. The Morgan fingerprint density at radius 3 is 2.24 bits per heavy atom. The third-order valence-electron chi connectivity index (χ3n) is 3.39. The molecular formula is C16H13BrO4. The van der Waals surface area contributed by atoms with Gasteiger partial charge in [-0.1, -0.05) is 34.1 Å². The molecule has 2 aromatic carbocycles. The third kappa shape index (κ3) is 2.69. The summed E-state index contributed by atoms with van der Waals surface area (Å²) in [5.74, 6) is -2.28. The van der Waals surface area contributed by atoms with Gasteiger partial charge in [-0.2, -0.15) is 0 Å². The highest BCUT2D eigenvalue weighted by Gasteiger charge is 2.23. The Balaban J connectivity index is 2.94. The molecule has 108 valence electrons. The van der Waals surface area contributed by atoms with Crippen LogP contribution in [0.25, 0.3) is 11.1 Å². The van der Waals surface area contributed by atoms with Gasteiger partial charge in [0.05, 0.1) is 11.1 Å². The van der Waals surface area contributed by atoms with E-state index in [2.05, 4.69) is 15.9 Å². The highest BCUT2D eigenvalue weighted by Crippen LogP contribution is 2.35. The van der Waals surface area contributed by atoms with Crippen LogP contribution in [0.15, 0.2) is 34.8 Å². The Morgan fingerprint density at radius 2 is 1.67 bits per heavy atom. The molecule has 0 amide bonds.